The van der Waals surface area contributed by atoms with Crippen molar-refractivity contribution >= 4 is 47.2 Å². The predicted octanol–water partition coefficient (Wildman–Crippen LogP) is 4.39. The molecule has 2 aromatic rings. The van der Waals surface area contributed by atoms with Gasteiger partial charge in [-0.05, 0) is 41.5 Å². The standard InChI is InChI=1S/C30H33ClO10S/c1-15(32)37-14-24-28(38-16(2)33)30(40-18(4)35)29(39-17(3)34)27(41-24)23-13-20(25(31)26-22(23)10-11-36-26)12-19-6-8-21(42-5)9-7-19/h6-9,13,24,27-30H,10-12,14H2,1-5H3/t24-,27+,28-,29+,30+/m1/s1. The van der Waals surface area contributed by atoms with E-state index in [9.17, 15) is 19.2 Å². The van der Waals surface area contributed by atoms with Crippen LogP contribution in [-0.2, 0) is 55.7 Å². The zero-order chi connectivity index (χ0) is 30.6. The van der Waals surface area contributed by atoms with Crippen molar-refractivity contribution < 1.29 is 47.6 Å². The maximum Gasteiger partial charge on any atom is 0.303 e. The average Bonchev–Trinajstić information content (AvgIpc) is 3.42. The number of rotatable bonds is 9. The number of fused-ring (bicyclic) bond motifs is 1. The van der Waals surface area contributed by atoms with E-state index < -0.39 is 54.4 Å². The first-order valence-corrected chi connectivity index (χ1v) is 15.0. The molecule has 0 unspecified atom stereocenters. The Bertz CT molecular complexity index is 1340. The number of ether oxygens (including phenoxy) is 6. The van der Waals surface area contributed by atoms with Crippen molar-refractivity contribution in [1.82, 2.24) is 0 Å². The quantitative estimate of drug-likeness (QED) is 0.225. The fraction of sp³-hybridized carbons (Fsp3) is 0.467. The SMILES string of the molecule is CSc1ccc(Cc2cc([C@@H]3O[C@H](COC(C)=O)[C@@H](OC(C)=O)[C@H](OC(C)=O)[C@H]3OC(C)=O)c3c(c2Cl)OCC3)cc1. The molecule has 2 aliphatic rings. The van der Waals surface area contributed by atoms with Gasteiger partial charge in [0.1, 0.15) is 24.6 Å². The largest absolute Gasteiger partial charge is 0.491 e. The summed E-state index contributed by atoms with van der Waals surface area (Å²) in [4.78, 5) is 49.5. The summed E-state index contributed by atoms with van der Waals surface area (Å²) in [6.45, 7) is 4.88. The highest BCUT2D eigenvalue weighted by Crippen LogP contribution is 2.46. The Labute approximate surface area is 253 Å². The van der Waals surface area contributed by atoms with Gasteiger partial charge in [0.15, 0.2) is 18.3 Å². The van der Waals surface area contributed by atoms with E-state index in [1.165, 1.54) is 27.7 Å². The van der Waals surface area contributed by atoms with E-state index in [0.29, 0.717) is 35.8 Å². The topological polar surface area (TPSA) is 124 Å². The molecule has 0 aromatic heterocycles. The second-order valence-corrected chi connectivity index (χ2v) is 11.2. The minimum Gasteiger partial charge on any atom is -0.491 e. The molecule has 0 amide bonds. The minimum atomic E-state index is -1.27. The molecule has 10 nitrogen and oxygen atoms in total. The first-order valence-electron chi connectivity index (χ1n) is 13.4. The van der Waals surface area contributed by atoms with Gasteiger partial charge in [0.05, 0.1) is 11.6 Å². The molecule has 2 aliphatic heterocycles. The Morgan fingerprint density at radius 2 is 1.52 bits per heavy atom. The van der Waals surface area contributed by atoms with Gasteiger partial charge in [-0.15, -0.1) is 11.8 Å². The Balaban J connectivity index is 1.84. The number of hydrogen-bond acceptors (Lipinski definition) is 11. The Kier molecular flexibility index (Phi) is 10.4. The minimum absolute atomic E-state index is 0.310. The lowest BCUT2D eigenvalue weighted by molar-refractivity contribution is -0.254. The van der Waals surface area contributed by atoms with Crippen LogP contribution >= 0.6 is 23.4 Å². The fourth-order valence-corrected chi connectivity index (χ4v) is 5.93. The molecule has 5 atom stereocenters. The van der Waals surface area contributed by atoms with Gasteiger partial charge in [0.25, 0.3) is 0 Å². The highest BCUT2D eigenvalue weighted by Gasteiger charge is 2.53. The molecule has 2 heterocycles. The van der Waals surface area contributed by atoms with Crippen LogP contribution in [0, 0.1) is 0 Å². The molecule has 12 heteroatoms. The number of carbonyl (C=O) groups is 4. The summed E-state index contributed by atoms with van der Waals surface area (Å²) in [6.07, 6.45) is -2.83. The van der Waals surface area contributed by atoms with Crippen LogP contribution in [0.4, 0.5) is 0 Å². The highest BCUT2D eigenvalue weighted by molar-refractivity contribution is 7.98. The van der Waals surface area contributed by atoms with Crippen molar-refractivity contribution in [2.24, 2.45) is 0 Å². The molecule has 0 N–H and O–H groups in total. The van der Waals surface area contributed by atoms with Crippen molar-refractivity contribution in [2.45, 2.75) is 76.0 Å². The highest BCUT2D eigenvalue weighted by atomic mass is 35.5. The van der Waals surface area contributed by atoms with Crippen molar-refractivity contribution in [1.29, 1.82) is 0 Å². The summed E-state index contributed by atoms with van der Waals surface area (Å²) in [6, 6.07) is 9.96. The maximum atomic E-state index is 12.4. The molecule has 0 saturated carbocycles. The fourth-order valence-electron chi connectivity index (χ4n) is 5.24. The maximum absolute atomic E-state index is 12.4. The average molecular weight is 621 g/mol. The molecule has 0 aliphatic carbocycles. The first-order chi connectivity index (χ1) is 20.0. The smallest absolute Gasteiger partial charge is 0.303 e. The summed E-state index contributed by atoms with van der Waals surface area (Å²) >= 11 is 8.49. The lowest BCUT2D eigenvalue weighted by Gasteiger charge is -2.45. The lowest BCUT2D eigenvalue weighted by atomic mass is 9.86. The van der Waals surface area contributed by atoms with Crippen LogP contribution in [0.25, 0.3) is 0 Å². The third-order valence-electron chi connectivity index (χ3n) is 6.88. The van der Waals surface area contributed by atoms with E-state index in [2.05, 4.69) is 0 Å². The molecular weight excluding hydrogens is 588 g/mol. The van der Waals surface area contributed by atoms with E-state index in [1.54, 1.807) is 11.8 Å². The summed E-state index contributed by atoms with van der Waals surface area (Å²) in [7, 11) is 0. The van der Waals surface area contributed by atoms with E-state index in [0.717, 1.165) is 21.6 Å². The van der Waals surface area contributed by atoms with Gasteiger partial charge >= 0.3 is 23.9 Å². The third kappa shape index (κ3) is 7.37. The predicted molar refractivity (Wildman–Crippen MR) is 153 cm³/mol. The lowest BCUT2D eigenvalue weighted by Crippen LogP contribution is -2.59. The zero-order valence-electron chi connectivity index (χ0n) is 24.0. The van der Waals surface area contributed by atoms with Crippen LogP contribution in [0.1, 0.15) is 56.1 Å². The monoisotopic (exact) mass is 620 g/mol. The van der Waals surface area contributed by atoms with Crippen LogP contribution < -0.4 is 4.74 Å². The molecule has 0 bridgehead atoms. The third-order valence-corrected chi connectivity index (χ3v) is 8.04. The van der Waals surface area contributed by atoms with Crippen molar-refractivity contribution in [2.75, 3.05) is 19.5 Å². The molecule has 1 fully saturated rings. The molecule has 1 saturated heterocycles. The van der Waals surface area contributed by atoms with Gasteiger partial charge in [0.2, 0.25) is 0 Å². The van der Waals surface area contributed by atoms with Gasteiger partial charge in [-0.3, -0.25) is 19.2 Å². The number of thioether (sulfide) groups is 1. The van der Waals surface area contributed by atoms with Gasteiger partial charge in [-0.1, -0.05) is 29.8 Å². The Morgan fingerprint density at radius 1 is 0.905 bits per heavy atom. The molecule has 0 radical (unpaired) electrons. The van der Waals surface area contributed by atoms with E-state index in [4.69, 9.17) is 40.0 Å². The van der Waals surface area contributed by atoms with Crippen LogP contribution in [-0.4, -0.2) is 67.8 Å². The van der Waals surface area contributed by atoms with Gasteiger partial charge < -0.3 is 28.4 Å². The number of hydrogen-bond donors (Lipinski definition) is 0. The van der Waals surface area contributed by atoms with E-state index >= 15 is 0 Å². The molecule has 42 heavy (non-hydrogen) atoms. The van der Waals surface area contributed by atoms with Crippen molar-refractivity contribution in [3.8, 4) is 5.75 Å². The van der Waals surface area contributed by atoms with E-state index in [-0.39, 0.29) is 6.61 Å². The van der Waals surface area contributed by atoms with Crippen LogP contribution in [0.5, 0.6) is 5.75 Å². The normalized spacial score (nSPS) is 22.9. The van der Waals surface area contributed by atoms with Gasteiger partial charge in [-0.2, -0.15) is 0 Å². The van der Waals surface area contributed by atoms with Crippen molar-refractivity contribution in [3.05, 3.63) is 57.6 Å². The Morgan fingerprint density at radius 3 is 2.12 bits per heavy atom. The van der Waals surface area contributed by atoms with Gasteiger partial charge in [-0.25, -0.2) is 0 Å². The number of benzene rings is 2. The zero-order valence-corrected chi connectivity index (χ0v) is 25.5. The summed E-state index contributed by atoms with van der Waals surface area (Å²) < 4.78 is 34.5. The van der Waals surface area contributed by atoms with E-state index in [1.807, 2.05) is 36.6 Å². The second-order valence-electron chi connectivity index (χ2n) is 9.99. The summed E-state index contributed by atoms with van der Waals surface area (Å²) in [5.74, 6) is -2.14. The van der Waals surface area contributed by atoms with Crippen LogP contribution in [0.2, 0.25) is 5.02 Å². The number of esters is 4. The molecule has 2 aromatic carbocycles. The summed E-state index contributed by atoms with van der Waals surface area (Å²) in [5.41, 5.74) is 3.12. The van der Waals surface area contributed by atoms with Crippen LogP contribution in [0.15, 0.2) is 35.2 Å². The van der Waals surface area contributed by atoms with Crippen molar-refractivity contribution in [3.63, 3.8) is 0 Å². The van der Waals surface area contributed by atoms with Gasteiger partial charge in [0, 0.05) is 44.6 Å². The molecule has 226 valence electrons. The first kappa shape index (κ1) is 31.7. The Hall–Kier alpha value is -3.28. The second kappa shape index (κ2) is 13.8. The molecule has 0 spiro atoms. The number of halogens is 1. The summed E-state index contributed by atoms with van der Waals surface area (Å²) in [5, 5.41) is 0.464. The number of carbonyl (C=O) groups excluding carboxylic acids is 4. The van der Waals surface area contributed by atoms with Crippen LogP contribution in [0.3, 0.4) is 0 Å². The molecule has 4 rings (SSSR count). The molecular formula is C30H33ClO10S.